The van der Waals surface area contributed by atoms with Crippen molar-refractivity contribution in [2.24, 2.45) is 11.8 Å². The second kappa shape index (κ2) is 6.12. The third-order valence-corrected chi connectivity index (χ3v) is 6.77. The summed E-state index contributed by atoms with van der Waals surface area (Å²) in [5.41, 5.74) is 2.69. The van der Waals surface area contributed by atoms with Crippen molar-refractivity contribution < 1.29 is 14.5 Å². The highest BCUT2D eigenvalue weighted by Crippen LogP contribution is 2.45. The van der Waals surface area contributed by atoms with E-state index in [1.54, 1.807) is 0 Å². The molecule has 2 fully saturated rings. The number of rotatable bonds is 1. The Kier molecular flexibility index (Phi) is 3.50. The van der Waals surface area contributed by atoms with Gasteiger partial charge in [0.2, 0.25) is 11.8 Å². The molecule has 1 N–H and O–H groups in total. The number of nitriles is 1. The molecule has 5 nitrogen and oxygen atoms in total. The van der Waals surface area contributed by atoms with Gasteiger partial charge in [-0.05, 0) is 23.1 Å². The van der Waals surface area contributed by atoms with E-state index in [0.717, 1.165) is 26.8 Å². The van der Waals surface area contributed by atoms with Crippen molar-refractivity contribution in [3.63, 3.8) is 0 Å². The van der Waals surface area contributed by atoms with E-state index >= 15 is 0 Å². The molecule has 2 saturated heterocycles. The Morgan fingerprint density at radius 3 is 2.47 bits per heavy atom. The van der Waals surface area contributed by atoms with E-state index in [9.17, 15) is 14.9 Å². The first-order valence-corrected chi connectivity index (χ1v) is 10.1. The van der Waals surface area contributed by atoms with Gasteiger partial charge in [-0.2, -0.15) is 5.26 Å². The summed E-state index contributed by atoms with van der Waals surface area (Å²) in [6.45, 7) is 0. The van der Waals surface area contributed by atoms with Gasteiger partial charge in [0, 0.05) is 10.9 Å². The lowest BCUT2D eigenvalue weighted by Gasteiger charge is -2.29. The number of quaternary nitrogens is 1. The molecular weight excluding hydrogens is 374 g/mol. The molecule has 3 aliphatic rings. The number of nitrogens with one attached hydrogen (secondary N) is 1. The van der Waals surface area contributed by atoms with Crippen molar-refractivity contribution in [2.45, 2.75) is 12.1 Å². The number of amides is 2. The molecule has 0 aromatic heterocycles. The van der Waals surface area contributed by atoms with Crippen molar-refractivity contribution >= 4 is 34.4 Å². The molecule has 0 spiro atoms. The molecule has 3 aliphatic heterocycles. The van der Waals surface area contributed by atoms with Gasteiger partial charge in [0.15, 0.2) is 6.04 Å². The number of nitrogens with zero attached hydrogens (tertiary/aromatic N) is 2. The molecular formula is C25H18N3O2+. The summed E-state index contributed by atoms with van der Waals surface area (Å²) in [5.74, 6) is -1.65. The Labute approximate surface area is 173 Å². The van der Waals surface area contributed by atoms with Crippen LogP contribution in [0.2, 0.25) is 0 Å². The minimum atomic E-state index is -0.641. The van der Waals surface area contributed by atoms with E-state index < -0.39 is 17.9 Å². The van der Waals surface area contributed by atoms with Crippen LogP contribution in [0.4, 0.5) is 5.69 Å². The van der Waals surface area contributed by atoms with Crippen LogP contribution in [-0.4, -0.2) is 17.9 Å². The number of hydrogen-bond donors (Lipinski definition) is 1. The molecule has 5 heteroatoms. The van der Waals surface area contributed by atoms with Crippen LogP contribution in [0.15, 0.2) is 72.9 Å². The van der Waals surface area contributed by atoms with Gasteiger partial charge in [0.1, 0.15) is 23.9 Å². The monoisotopic (exact) mass is 392 g/mol. The third kappa shape index (κ3) is 2.09. The molecule has 30 heavy (non-hydrogen) atoms. The first-order chi connectivity index (χ1) is 14.7. The molecule has 3 aromatic rings. The molecule has 0 aliphatic carbocycles. The Morgan fingerprint density at radius 2 is 1.60 bits per heavy atom. The molecule has 0 saturated carbocycles. The van der Waals surface area contributed by atoms with Crippen LogP contribution >= 0.6 is 0 Å². The number of fused-ring (bicyclic) bond motifs is 6. The standard InChI is InChI=1S/C25H17N3O2/c26-14-20-21-22(23-18-10-4-2-7-16(18)12-13-27(20)23)25(30)28(24(21)29)19-11-5-8-15-6-1-3-9-17(15)19/h1-13,20-23H/p+1/t20-,21+,22+,23-/m1/s1. The lowest BCUT2D eigenvalue weighted by Crippen LogP contribution is -3.10. The maximum absolute atomic E-state index is 13.7. The van der Waals surface area contributed by atoms with E-state index in [4.69, 9.17) is 0 Å². The van der Waals surface area contributed by atoms with E-state index in [1.165, 1.54) is 4.90 Å². The maximum Gasteiger partial charge on any atom is 0.245 e. The van der Waals surface area contributed by atoms with Gasteiger partial charge in [-0.1, -0.05) is 60.7 Å². The van der Waals surface area contributed by atoms with Gasteiger partial charge in [-0.15, -0.1) is 0 Å². The Hall–Kier alpha value is -3.75. The molecule has 2 amide bonds. The third-order valence-electron chi connectivity index (χ3n) is 6.77. The van der Waals surface area contributed by atoms with Crippen molar-refractivity contribution in [3.8, 4) is 6.07 Å². The van der Waals surface area contributed by atoms with Crippen LogP contribution in [-0.2, 0) is 9.59 Å². The van der Waals surface area contributed by atoms with Gasteiger partial charge >= 0.3 is 0 Å². The molecule has 0 bridgehead atoms. The van der Waals surface area contributed by atoms with Crippen molar-refractivity contribution in [1.29, 1.82) is 5.26 Å². The van der Waals surface area contributed by atoms with Crippen LogP contribution in [0.5, 0.6) is 0 Å². The van der Waals surface area contributed by atoms with E-state index in [1.807, 2.05) is 79.0 Å². The first-order valence-electron chi connectivity index (χ1n) is 10.1. The average Bonchev–Trinajstić information content (AvgIpc) is 3.26. The molecule has 1 unspecified atom stereocenters. The zero-order valence-corrected chi connectivity index (χ0v) is 16.0. The lowest BCUT2D eigenvalue weighted by molar-refractivity contribution is -0.885. The van der Waals surface area contributed by atoms with Crippen LogP contribution in [0, 0.1) is 23.2 Å². The second-order valence-electron chi connectivity index (χ2n) is 8.11. The summed E-state index contributed by atoms with van der Waals surface area (Å²) in [5, 5.41) is 11.8. The summed E-state index contributed by atoms with van der Waals surface area (Å²) in [4.78, 5) is 29.5. The van der Waals surface area contributed by atoms with Gasteiger partial charge in [-0.25, -0.2) is 4.90 Å². The summed E-state index contributed by atoms with van der Waals surface area (Å²) in [7, 11) is 0. The normalized spacial score (nSPS) is 28.9. The van der Waals surface area contributed by atoms with Crippen molar-refractivity contribution in [3.05, 3.63) is 84.1 Å². The van der Waals surface area contributed by atoms with Gasteiger partial charge in [0.05, 0.1) is 11.9 Å². The van der Waals surface area contributed by atoms with Crippen LogP contribution < -0.4 is 9.80 Å². The summed E-state index contributed by atoms with van der Waals surface area (Å²) >= 11 is 0. The summed E-state index contributed by atoms with van der Waals surface area (Å²) in [6, 6.07) is 22.9. The first kappa shape index (κ1) is 17.1. The lowest BCUT2D eigenvalue weighted by atomic mass is 9.85. The zero-order valence-electron chi connectivity index (χ0n) is 16.0. The molecule has 6 rings (SSSR count). The predicted octanol–water partition coefficient (Wildman–Crippen LogP) is 2.46. The number of carbonyl (C=O) groups excluding carboxylic acids is 2. The van der Waals surface area contributed by atoms with Crippen molar-refractivity contribution in [1.82, 2.24) is 0 Å². The number of anilines is 1. The minimum absolute atomic E-state index is 0.202. The topological polar surface area (TPSA) is 65.6 Å². The summed E-state index contributed by atoms with van der Waals surface area (Å²) < 4.78 is 0. The fraction of sp³-hybridized carbons (Fsp3) is 0.160. The molecule has 5 atom stereocenters. The van der Waals surface area contributed by atoms with Gasteiger partial charge in [-0.3, -0.25) is 14.5 Å². The summed E-state index contributed by atoms with van der Waals surface area (Å²) in [6.07, 6.45) is 3.94. The van der Waals surface area contributed by atoms with Gasteiger partial charge < -0.3 is 0 Å². The maximum atomic E-state index is 13.7. The van der Waals surface area contributed by atoms with Crippen LogP contribution in [0.3, 0.4) is 0 Å². The molecule has 144 valence electrons. The largest absolute Gasteiger partial charge is 0.287 e. The highest BCUT2D eigenvalue weighted by Gasteiger charge is 2.66. The fourth-order valence-electron chi connectivity index (χ4n) is 5.53. The smallest absolute Gasteiger partial charge is 0.245 e. The van der Waals surface area contributed by atoms with E-state index in [2.05, 4.69) is 6.07 Å². The average molecular weight is 392 g/mol. The second-order valence-corrected chi connectivity index (χ2v) is 8.11. The van der Waals surface area contributed by atoms with Crippen molar-refractivity contribution in [2.75, 3.05) is 4.90 Å². The molecule has 0 radical (unpaired) electrons. The van der Waals surface area contributed by atoms with Gasteiger partial charge in [0.25, 0.3) is 0 Å². The number of carbonyl (C=O) groups is 2. The molecule has 3 heterocycles. The van der Waals surface area contributed by atoms with Crippen LogP contribution in [0.1, 0.15) is 17.2 Å². The predicted molar refractivity (Wildman–Crippen MR) is 112 cm³/mol. The fourth-order valence-corrected chi connectivity index (χ4v) is 5.53. The molecule has 3 aromatic carbocycles. The number of imide groups is 1. The number of benzene rings is 3. The van der Waals surface area contributed by atoms with E-state index in [-0.39, 0.29) is 17.9 Å². The SMILES string of the molecule is N#C[C@@H]1[C@@H]2C(=O)N(c3cccc4ccccc34)C(=O)[C@@H]2[C@H]2c3ccccc3C=C[NH+]12. The van der Waals surface area contributed by atoms with E-state index in [0.29, 0.717) is 5.69 Å². The minimum Gasteiger partial charge on any atom is -0.287 e. The highest BCUT2D eigenvalue weighted by molar-refractivity contribution is 6.25. The number of hydrogen-bond acceptors (Lipinski definition) is 3. The Morgan fingerprint density at radius 1 is 0.867 bits per heavy atom. The van der Waals surface area contributed by atoms with Crippen LogP contribution in [0.25, 0.3) is 16.8 Å². The zero-order chi connectivity index (χ0) is 20.4. The highest BCUT2D eigenvalue weighted by atomic mass is 16.2. The quantitative estimate of drug-likeness (QED) is 0.647. The Balaban J connectivity index is 1.52. The Bertz CT molecular complexity index is 1300.